The van der Waals surface area contributed by atoms with Gasteiger partial charge in [-0.25, -0.2) is 0 Å². The highest BCUT2D eigenvalue weighted by molar-refractivity contribution is 6.42. The highest BCUT2D eigenvalue weighted by atomic mass is 35.5. The van der Waals surface area contributed by atoms with E-state index in [1.807, 2.05) is 24.3 Å². The van der Waals surface area contributed by atoms with Crippen molar-refractivity contribution in [1.29, 1.82) is 0 Å². The summed E-state index contributed by atoms with van der Waals surface area (Å²) < 4.78 is 0. The Hall–Kier alpha value is -1.02. The number of rotatable bonds is 2. The molecule has 0 heterocycles. The maximum Gasteiger partial charge on any atom is 0.0873 e. The smallest absolute Gasteiger partial charge is 0.0873 e. The van der Waals surface area contributed by atoms with Gasteiger partial charge in [0.25, 0.3) is 0 Å². The van der Waals surface area contributed by atoms with Gasteiger partial charge in [0.15, 0.2) is 0 Å². The lowest BCUT2D eigenvalue weighted by molar-refractivity contribution is 0.145. The van der Waals surface area contributed by atoms with Crippen molar-refractivity contribution in [2.45, 2.75) is 24.9 Å². The van der Waals surface area contributed by atoms with Crippen LogP contribution in [0.25, 0.3) is 0 Å². The highest BCUT2D eigenvalue weighted by Gasteiger charge is 2.30. The van der Waals surface area contributed by atoms with Gasteiger partial charge in [-0.2, -0.15) is 0 Å². The van der Waals surface area contributed by atoms with Gasteiger partial charge in [0.05, 0.1) is 16.1 Å². The number of aryl methyl sites for hydroxylation is 1. The van der Waals surface area contributed by atoms with Crippen LogP contribution in [0.5, 0.6) is 0 Å². The average molecular weight is 293 g/mol. The molecule has 2 unspecified atom stereocenters. The minimum absolute atomic E-state index is 0.104. The molecule has 1 nitrogen and oxygen atoms in total. The number of hydrogen-bond donors (Lipinski definition) is 1. The molecule has 98 valence electrons. The zero-order chi connectivity index (χ0) is 13.4. The Balaban J connectivity index is 1.98. The number of halogens is 2. The fraction of sp³-hybridized carbons (Fsp3) is 0.250. The van der Waals surface area contributed by atoms with Crippen LogP contribution in [0.4, 0.5) is 0 Å². The Morgan fingerprint density at radius 2 is 1.84 bits per heavy atom. The van der Waals surface area contributed by atoms with Gasteiger partial charge < -0.3 is 5.11 Å². The minimum Gasteiger partial charge on any atom is -0.388 e. The van der Waals surface area contributed by atoms with Gasteiger partial charge in [0.1, 0.15) is 0 Å². The molecule has 0 saturated carbocycles. The minimum atomic E-state index is -0.602. The topological polar surface area (TPSA) is 20.2 Å². The van der Waals surface area contributed by atoms with E-state index in [-0.39, 0.29) is 5.92 Å². The van der Waals surface area contributed by atoms with Crippen molar-refractivity contribution < 1.29 is 5.11 Å². The zero-order valence-corrected chi connectivity index (χ0v) is 11.8. The van der Waals surface area contributed by atoms with Gasteiger partial charge in [0, 0.05) is 11.5 Å². The molecule has 2 aromatic rings. The normalized spacial score (nSPS) is 19.2. The number of benzene rings is 2. The van der Waals surface area contributed by atoms with E-state index in [0.29, 0.717) is 10.0 Å². The predicted octanol–water partition coefficient (Wildman–Crippen LogP) is 4.76. The summed E-state index contributed by atoms with van der Waals surface area (Å²) in [6.45, 7) is 0. The average Bonchev–Trinajstić information content (AvgIpc) is 2.85. The second-order valence-corrected chi connectivity index (χ2v) is 5.72. The number of aliphatic hydroxyl groups is 1. The fourth-order valence-electron chi connectivity index (χ4n) is 2.88. The summed E-state index contributed by atoms with van der Waals surface area (Å²) in [5.74, 6) is 0.104. The van der Waals surface area contributed by atoms with Gasteiger partial charge in [-0.15, -0.1) is 0 Å². The van der Waals surface area contributed by atoms with Gasteiger partial charge in [-0.05, 0) is 30.0 Å². The van der Waals surface area contributed by atoms with Gasteiger partial charge in [0.2, 0.25) is 0 Å². The van der Waals surface area contributed by atoms with Crippen LogP contribution in [0.2, 0.25) is 10.0 Å². The number of hydrogen-bond acceptors (Lipinski definition) is 1. The van der Waals surface area contributed by atoms with E-state index in [4.69, 9.17) is 23.2 Å². The van der Waals surface area contributed by atoms with E-state index in [1.165, 1.54) is 11.1 Å². The summed E-state index contributed by atoms with van der Waals surface area (Å²) >= 11 is 12.2. The first-order chi connectivity index (χ1) is 9.18. The maximum absolute atomic E-state index is 10.6. The molecule has 3 rings (SSSR count). The van der Waals surface area contributed by atoms with E-state index in [9.17, 15) is 5.11 Å². The van der Waals surface area contributed by atoms with Crippen LogP contribution in [0, 0.1) is 0 Å². The Kier molecular flexibility index (Phi) is 3.53. The third kappa shape index (κ3) is 2.27. The van der Waals surface area contributed by atoms with Crippen molar-refractivity contribution in [1.82, 2.24) is 0 Å². The molecule has 0 spiro atoms. The third-order valence-electron chi connectivity index (χ3n) is 3.86. The van der Waals surface area contributed by atoms with Crippen LogP contribution in [0.15, 0.2) is 42.5 Å². The van der Waals surface area contributed by atoms with Gasteiger partial charge in [-0.3, -0.25) is 0 Å². The molecule has 2 aromatic carbocycles. The summed E-state index contributed by atoms with van der Waals surface area (Å²) in [6.07, 6.45) is 1.36. The van der Waals surface area contributed by atoms with Crippen molar-refractivity contribution >= 4 is 23.2 Å². The molecule has 0 radical (unpaired) electrons. The standard InChI is InChI=1S/C16H14Cl2O/c17-14-7-3-6-13(15(14)18)16(19)12-9-8-10-4-1-2-5-11(10)12/h1-7,12,16,19H,8-9H2. The van der Waals surface area contributed by atoms with E-state index in [1.54, 1.807) is 6.07 Å². The molecule has 1 aliphatic carbocycles. The second kappa shape index (κ2) is 5.16. The molecule has 0 aromatic heterocycles. The van der Waals surface area contributed by atoms with E-state index < -0.39 is 6.10 Å². The Morgan fingerprint density at radius 3 is 2.68 bits per heavy atom. The van der Waals surface area contributed by atoms with Crippen LogP contribution in [0.3, 0.4) is 0 Å². The lowest BCUT2D eigenvalue weighted by Gasteiger charge is -2.21. The summed E-state index contributed by atoms with van der Waals surface area (Å²) in [4.78, 5) is 0. The van der Waals surface area contributed by atoms with Crippen LogP contribution in [-0.4, -0.2) is 5.11 Å². The molecule has 19 heavy (non-hydrogen) atoms. The Labute approximate surface area is 122 Å². The van der Waals surface area contributed by atoms with E-state index in [0.717, 1.165) is 18.4 Å². The number of fused-ring (bicyclic) bond motifs is 1. The molecular formula is C16H14Cl2O. The Bertz CT molecular complexity index is 609. The highest BCUT2D eigenvalue weighted by Crippen LogP contribution is 2.44. The largest absolute Gasteiger partial charge is 0.388 e. The van der Waals surface area contributed by atoms with Crippen LogP contribution >= 0.6 is 23.2 Å². The predicted molar refractivity (Wildman–Crippen MR) is 78.9 cm³/mol. The summed E-state index contributed by atoms with van der Waals surface area (Å²) in [6, 6.07) is 13.7. The molecule has 3 heteroatoms. The molecule has 1 N–H and O–H groups in total. The second-order valence-electron chi connectivity index (χ2n) is 4.93. The number of aliphatic hydroxyl groups excluding tert-OH is 1. The molecule has 2 atom stereocenters. The van der Waals surface area contributed by atoms with Crippen molar-refractivity contribution in [3.63, 3.8) is 0 Å². The maximum atomic E-state index is 10.6. The summed E-state index contributed by atoms with van der Waals surface area (Å²) in [5.41, 5.74) is 3.27. The van der Waals surface area contributed by atoms with Crippen molar-refractivity contribution in [2.24, 2.45) is 0 Å². The van der Waals surface area contributed by atoms with Crippen LogP contribution in [-0.2, 0) is 6.42 Å². The molecule has 0 fully saturated rings. The summed E-state index contributed by atoms with van der Waals surface area (Å²) in [5, 5.41) is 11.6. The molecule has 0 amide bonds. The lowest BCUT2D eigenvalue weighted by Crippen LogP contribution is -2.08. The molecule has 0 bridgehead atoms. The fourth-order valence-corrected chi connectivity index (χ4v) is 3.30. The first-order valence-corrected chi connectivity index (χ1v) is 7.14. The third-order valence-corrected chi connectivity index (χ3v) is 4.69. The summed E-state index contributed by atoms with van der Waals surface area (Å²) in [7, 11) is 0. The zero-order valence-electron chi connectivity index (χ0n) is 10.3. The Morgan fingerprint density at radius 1 is 1.05 bits per heavy atom. The van der Waals surface area contributed by atoms with E-state index >= 15 is 0 Å². The lowest BCUT2D eigenvalue weighted by atomic mass is 9.90. The van der Waals surface area contributed by atoms with Crippen molar-refractivity contribution in [3.05, 3.63) is 69.2 Å². The molecule has 1 aliphatic rings. The van der Waals surface area contributed by atoms with Gasteiger partial charge in [-0.1, -0.05) is 59.6 Å². The van der Waals surface area contributed by atoms with Crippen molar-refractivity contribution in [2.75, 3.05) is 0 Å². The first kappa shape index (κ1) is 13.0. The quantitative estimate of drug-likeness (QED) is 0.846. The van der Waals surface area contributed by atoms with Crippen LogP contribution < -0.4 is 0 Å². The van der Waals surface area contributed by atoms with Crippen LogP contribution in [0.1, 0.15) is 35.1 Å². The van der Waals surface area contributed by atoms with E-state index in [2.05, 4.69) is 12.1 Å². The monoisotopic (exact) mass is 292 g/mol. The SMILES string of the molecule is OC(c1cccc(Cl)c1Cl)C1CCc2ccccc21. The first-order valence-electron chi connectivity index (χ1n) is 6.38. The van der Waals surface area contributed by atoms with Crippen molar-refractivity contribution in [3.8, 4) is 0 Å². The molecule has 0 saturated heterocycles. The molecule has 0 aliphatic heterocycles. The van der Waals surface area contributed by atoms with Gasteiger partial charge >= 0.3 is 0 Å². The molecular weight excluding hydrogens is 279 g/mol.